The molecule has 2 heterocycles. The van der Waals surface area contributed by atoms with E-state index in [0.29, 0.717) is 11.1 Å². The molecule has 166 valence electrons. The summed E-state index contributed by atoms with van der Waals surface area (Å²) in [6, 6.07) is 25.2. The zero-order valence-corrected chi connectivity index (χ0v) is 18.4. The van der Waals surface area contributed by atoms with Crippen molar-refractivity contribution in [2.24, 2.45) is 4.99 Å². The van der Waals surface area contributed by atoms with E-state index >= 15 is 0 Å². The highest BCUT2D eigenvalue weighted by Gasteiger charge is 2.22. The molecule has 0 spiro atoms. The molecule has 0 aliphatic carbocycles. The van der Waals surface area contributed by atoms with Crippen LogP contribution in [0.4, 0.5) is 5.69 Å². The molecule has 3 aromatic carbocycles. The lowest BCUT2D eigenvalue weighted by Gasteiger charge is -2.10. The summed E-state index contributed by atoms with van der Waals surface area (Å²) in [7, 11) is 0. The first-order chi connectivity index (χ1) is 16.5. The fraction of sp³-hybridized carbons (Fsp3) is 0.0357. The minimum Gasteiger partial charge on any atom is -0.494 e. The van der Waals surface area contributed by atoms with Gasteiger partial charge in [0, 0.05) is 16.7 Å². The second kappa shape index (κ2) is 8.67. The first-order valence-electron chi connectivity index (χ1n) is 10.8. The van der Waals surface area contributed by atoms with E-state index in [2.05, 4.69) is 16.0 Å². The van der Waals surface area contributed by atoms with Crippen LogP contribution in [0.3, 0.4) is 0 Å². The van der Waals surface area contributed by atoms with E-state index in [1.165, 1.54) is 0 Å². The van der Waals surface area contributed by atoms with Gasteiger partial charge in [-0.05, 0) is 30.2 Å². The number of rotatable bonds is 4. The van der Waals surface area contributed by atoms with Crippen LogP contribution < -0.4 is 11.2 Å². The summed E-state index contributed by atoms with van der Waals surface area (Å²) >= 11 is 0. The van der Waals surface area contributed by atoms with Crippen LogP contribution in [0.5, 0.6) is 5.88 Å². The van der Waals surface area contributed by atoms with Crippen LogP contribution in [0.1, 0.15) is 27.8 Å². The molecule has 4 aromatic rings. The van der Waals surface area contributed by atoms with Crippen LogP contribution in [-0.2, 0) is 0 Å². The van der Waals surface area contributed by atoms with Gasteiger partial charge in [-0.25, -0.2) is 9.79 Å². The fourth-order valence-electron chi connectivity index (χ4n) is 4.09. The Morgan fingerprint density at radius 1 is 0.912 bits per heavy atom. The van der Waals surface area contributed by atoms with E-state index in [9.17, 15) is 14.7 Å². The highest BCUT2D eigenvalue weighted by atomic mass is 16.3. The van der Waals surface area contributed by atoms with Crippen LogP contribution in [-0.4, -0.2) is 20.8 Å². The molecule has 6 nitrogen and oxygen atoms in total. The molecule has 34 heavy (non-hydrogen) atoms. The Hall–Kier alpha value is -4.71. The van der Waals surface area contributed by atoms with Crippen molar-refractivity contribution in [3.63, 3.8) is 0 Å². The van der Waals surface area contributed by atoms with E-state index in [4.69, 9.17) is 4.99 Å². The van der Waals surface area contributed by atoms with Crippen molar-refractivity contribution in [1.82, 2.24) is 9.97 Å². The van der Waals surface area contributed by atoms with Crippen molar-refractivity contribution in [2.45, 2.75) is 6.92 Å². The van der Waals surface area contributed by atoms with Crippen LogP contribution in [0.25, 0.3) is 11.1 Å². The van der Waals surface area contributed by atoms with Crippen LogP contribution in [0, 0.1) is 6.92 Å². The number of aryl methyl sites for hydroxylation is 1. The predicted octanol–water partition coefficient (Wildman–Crippen LogP) is 4.73. The van der Waals surface area contributed by atoms with Crippen molar-refractivity contribution >= 4 is 22.5 Å². The summed E-state index contributed by atoms with van der Waals surface area (Å²) in [6.07, 6.45) is 3.69. The molecule has 0 saturated heterocycles. The number of benzene rings is 3. The van der Waals surface area contributed by atoms with E-state index in [1.807, 2.05) is 85.8 Å². The first kappa shape index (κ1) is 21.2. The van der Waals surface area contributed by atoms with Gasteiger partial charge in [0.05, 0.1) is 11.4 Å². The van der Waals surface area contributed by atoms with Gasteiger partial charge in [-0.2, -0.15) is 0 Å². The maximum Gasteiger partial charge on any atom is 0.328 e. The molecule has 0 fully saturated rings. The number of aliphatic imine (C=N–C) groups is 1. The molecule has 3 N–H and O–H groups in total. The molecule has 0 saturated carbocycles. The van der Waals surface area contributed by atoms with E-state index in [1.54, 1.807) is 6.08 Å². The molecular formula is C28H21N3O3. The summed E-state index contributed by atoms with van der Waals surface area (Å²) in [5.74, 6) is -0.484. The summed E-state index contributed by atoms with van der Waals surface area (Å²) in [6.45, 7) is 2.03. The Morgan fingerprint density at radius 3 is 2.32 bits per heavy atom. The van der Waals surface area contributed by atoms with Gasteiger partial charge in [0.15, 0.2) is 0 Å². The maximum atomic E-state index is 12.7. The second-order valence-corrected chi connectivity index (χ2v) is 8.01. The summed E-state index contributed by atoms with van der Waals surface area (Å²) in [5, 5.41) is 10.5. The molecule has 0 atom stereocenters. The molecule has 1 aliphatic rings. The van der Waals surface area contributed by atoms with E-state index in [0.717, 1.165) is 33.7 Å². The highest BCUT2D eigenvalue weighted by Crippen LogP contribution is 2.38. The van der Waals surface area contributed by atoms with Gasteiger partial charge in [-0.15, -0.1) is 0 Å². The Bertz CT molecular complexity index is 1590. The van der Waals surface area contributed by atoms with Crippen LogP contribution in [0.2, 0.25) is 0 Å². The largest absolute Gasteiger partial charge is 0.494 e. The highest BCUT2D eigenvalue weighted by molar-refractivity contribution is 6.36. The van der Waals surface area contributed by atoms with Crippen LogP contribution in [0.15, 0.2) is 106 Å². The van der Waals surface area contributed by atoms with Gasteiger partial charge >= 0.3 is 5.69 Å². The zero-order valence-electron chi connectivity index (χ0n) is 18.4. The molecule has 1 aromatic heterocycles. The third kappa shape index (κ3) is 3.93. The average Bonchev–Trinajstić information content (AvgIpc) is 3.19. The number of fused-ring (bicyclic) bond motifs is 1. The van der Waals surface area contributed by atoms with Gasteiger partial charge < -0.3 is 5.11 Å². The van der Waals surface area contributed by atoms with E-state index in [-0.39, 0.29) is 5.56 Å². The fourth-order valence-corrected chi connectivity index (χ4v) is 4.09. The molecule has 5 rings (SSSR count). The monoisotopic (exact) mass is 447 g/mol. The number of nitrogens with zero attached hydrogens (tertiary/aromatic N) is 1. The van der Waals surface area contributed by atoms with Crippen molar-refractivity contribution < 1.29 is 5.11 Å². The molecule has 0 unspecified atom stereocenters. The number of hydrogen-bond donors (Lipinski definition) is 3. The number of allylic oxidation sites excluding steroid dienone is 3. The normalized spacial score (nSPS) is 14.2. The third-order valence-corrected chi connectivity index (χ3v) is 5.67. The summed E-state index contributed by atoms with van der Waals surface area (Å²) in [5.41, 5.74) is 5.40. The standard InChI is InChI=1S/C28H21N3O3/c1-17-12-15-23-22(16-17)21(25(29-23)19-10-6-3-7-11-19)14-13-20(18-8-4-2-5-9-18)24-26(32)30-28(34)31-27(24)33/h2-16H,1H3,(H3,30,31,32,33,34). The smallest absolute Gasteiger partial charge is 0.328 e. The first-order valence-corrected chi connectivity index (χ1v) is 10.8. The quantitative estimate of drug-likeness (QED) is 0.422. The van der Waals surface area contributed by atoms with E-state index < -0.39 is 17.1 Å². The minimum absolute atomic E-state index is 0.0108. The topological polar surface area (TPSA) is 98.3 Å². The third-order valence-electron chi connectivity index (χ3n) is 5.67. The van der Waals surface area contributed by atoms with Crippen molar-refractivity contribution in [1.29, 1.82) is 0 Å². The van der Waals surface area contributed by atoms with Gasteiger partial charge in [0.1, 0.15) is 5.56 Å². The Labute approximate surface area is 195 Å². The molecule has 6 heteroatoms. The zero-order chi connectivity index (χ0) is 23.7. The molecular weight excluding hydrogens is 426 g/mol. The summed E-state index contributed by atoms with van der Waals surface area (Å²) < 4.78 is 0. The molecule has 0 amide bonds. The number of hydrogen-bond acceptors (Lipinski definition) is 4. The van der Waals surface area contributed by atoms with Crippen LogP contribution >= 0.6 is 0 Å². The van der Waals surface area contributed by atoms with Crippen molar-refractivity contribution in [2.75, 3.05) is 0 Å². The molecule has 1 aliphatic heterocycles. The second-order valence-electron chi connectivity index (χ2n) is 8.01. The Morgan fingerprint density at radius 2 is 1.62 bits per heavy atom. The summed E-state index contributed by atoms with van der Waals surface area (Å²) in [4.78, 5) is 33.7. The lowest BCUT2D eigenvalue weighted by molar-refractivity contribution is 0.446. The van der Waals surface area contributed by atoms with Gasteiger partial charge in [-0.1, -0.05) is 84.4 Å². The Kier molecular flexibility index (Phi) is 5.40. The lowest BCUT2D eigenvalue weighted by Crippen LogP contribution is -2.24. The van der Waals surface area contributed by atoms with Crippen molar-refractivity contribution in [3.8, 4) is 5.88 Å². The average molecular weight is 447 g/mol. The SMILES string of the molecule is Cc1ccc2c(c1)C(=CC=C(c1ccccc1)c1c(O)[nH]c(=O)[nH]c1=O)C(c1ccccc1)=N2. The lowest BCUT2D eigenvalue weighted by atomic mass is 9.94. The number of H-pyrrole nitrogens is 2. The minimum atomic E-state index is -0.768. The number of aromatic nitrogens is 2. The predicted molar refractivity (Wildman–Crippen MR) is 135 cm³/mol. The maximum absolute atomic E-state index is 12.7. The van der Waals surface area contributed by atoms with Crippen molar-refractivity contribution in [3.05, 3.63) is 140 Å². The van der Waals surface area contributed by atoms with Gasteiger partial charge in [0.25, 0.3) is 5.56 Å². The molecule has 0 radical (unpaired) electrons. The Balaban J connectivity index is 1.75. The number of nitrogens with one attached hydrogen (secondary N) is 2. The molecule has 0 bridgehead atoms. The van der Waals surface area contributed by atoms with Gasteiger partial charge in [-0.3, -0.25) is 14.8 Å². The number of aromatic amines is 2. The number of aromatic hydroxyl groups is 1. The van der Waals surface area contributed by atoms with Gasteiger partial charge in [0.2, 0.25) is 5.88 Å².